The fraction of sp³-hybridized carbons (Fsp3) is 0.273. The van der Waals surface area contributed by atoms with E-state index in [0.717, 1.165) is 28.0 Å². The Morgan fingerprint density at radius 1 is 0.929 bits per heavy atom. The number of nitrogens with zero attached hydrogens (tertiary/aromatic N) is 1. The molecule has 0 radical (unpaired) electrons. The number of thiazole rings is 1. The topological polar surface area (TPSA) is 120 Å². The maximum Gasteiger partial charge on any atom is 0.338 e. The van der Waals surface area contributed by atoms with Gasteiger partial charge in [0.15, 0.2) is 5.03 Å². The van der Waals surface area contributed by atoms with Gasteiger partial charge in [-0.3, -0.25) is 0 Å². The summed E-state index contributed by atoms with van der Waals surface area (Å²) in [6, 6.07) is 29.1. The van der Waals surface area contributed by atoms with Crippen LogP contribution in [0.2, 0.25) is 0 Å². The molecule has 5 rings (SSSR count). The molecule has 1 unspecified atom stereocenters. The molecule has 3 aromatic carbocycles. The minimum atomic E-state index is -4.21. The quantitative estimate of drug-likeness (QED) is 0.184. The molecule has 4 aromatic rings. The summed E-state index contributed by atoms with van der Waals surface area (Å²) in [5.41, 5.74) is 2.12. The van der Waals surface area contributed by atoms with Crippen molar-refractivity contribution in [2.45, 2.75) is 62.0 Å². The molecule has 42 heavy (non-hydrogen) atoms. The monoisotopic (exact) mass is 602 g/mol. The predicted molar refractivity (Wildman–Crippen MR) is 165 cm³/mol. The van der Waals surface area contributed by atoms with Crippen molar-refractivity contribution in [3.8, 4) is 10.6 Å². The Labute approximate surface area is 250 Å². The summed E-state index contributed by atoms with van der Waals surface area (Å²) >= 11 is 1.16. The van der Waals surface area contributed by atoms with Gasteiger partial charge in [0, 0.05) is 17.9 Å². The van der Waals surface area contributed by atoms with Crippen molar-refractivity contribution >= 4 is 27.3 Å². The molecule has 2 heterocycles. The molecule has 0 fully saturated rings. The van der Waals surface area contributed by atoms with Crippen LogP contribution in [-0.4, -0.2) is 30.1 Å². The number of carbonyl (C=O) groups is 1. The number of primary sulfonamides is 1. The van der Waals surface area contributed by atoms with Gasteiger partial charge in [-0.25, -0.2) is 23.3 Å². The molecule has 1 aromatic heterocycles. The van der Waals surface area contributed by atoms with Gasteiger partial charge in [-0.15, -0.1) is 11.3 Å². The number of benzene rings is 3. The number of hydrogen-bond acceptors (Lipinski definition) is 7. The number of cyclic esters (lactones) is 1. The number of carbonyl (C=O) groups excluding carboxylic acids is 1. The van der Waals surface area contributed by atoms with E-state index in [1.165, 1.54) is 0 Å². The van der Waals surface area contributed by atoms with Crippen molar-refractivity contribution in [2.24, 2.45) is 5.14 Å². The first-order chi connectivity index (χ1) is 20.2. The number of aliphatic hydroxyl groups excluding tert-OH is 1. The van der Waals surface area contributed by atoms with Crippen molar-refractivity contribution < 1.29 is 23.1 Å². The zero-order valence-corrected chi connectivity index (χ0v) is 25.0. The normalized spacial score (nSPS) is 15.8. The zero-order chi connectivity index (χ0) is 29.7. The molecule has 0 amide bonds. The lowest BCUT2D eigenvalue weighted by Gasteiger charge is -2.39. The van der Waals surface area contributed by atoms with Crippen LogP contribution >= 0.6 is 11.3 Å². The van der Waals surface area contributed by atoms with Crippen LogP contribution in [0.3, 0.4) is 0 Å². The maximum absolute atomic E-state index is 13.8. The van der Waals surface area contributed by atoms with E-state index in [-0.39, 0.29) is 22.8 Å². The highest BCUT2D eigenvalue weighted by Crippen LogP contribution is 2.45. The number of rotatable bonds is 11. The average molecular weight is 603 g/mol. The standard InChI is InChI=1S/C33H34N2O5S2/c1-2-26(29-31(42(34,38)39)35-30(41-29)25-16-10-5-11-17-25)28-27(36)22-33(40-32(28)37,20-18-23-12-6-3-7-13-23)21-19-24-14-8-4-9-15-24/h3-17,26,36H,2,18-22H2,1H3,(H2,34,38,39). The Morgan fingerprint density at radius 3 is 1.93 bits per heavy atom. The molecule has 1 aliphatic rings. The smallest absolute Gasteiger partial charge is 0.338 e. The molecule has 0 bridgehead atoms. The molecule has 218 valence electrons. The van der Waals surface area contributed by atoms with Gasteiger partial charge in [0.25, 0.3) is 10.0 Å². The number of aryl methyl sites for hydroxylation is 2. The fourth-order valence-corrected chi connectivity index (χ4v) is 7.88. The van der Waals surface area contributed by atoms with E-state index >= 15 is 0 Å². The number of nitrogens with two attached hydrogens (primary N) is 1. The van der Waals surface area contributed by atoms with Gasteiger partial charge in [-0.1, -0.05) is 97.9 Å². The van der Waals surface area contributed by atoms with Gasteiger partial charge in [-0.2, -0.15) is 0 Å². The minimum absolute atomic E-state index is 0.0701. The summed E-state index contributed by atoms with van der Waals surface area (Å²) in [5.74, 6) is -1.46. The van der Waals surface area contributed by atoms with Gasteiger partial charge < -0.3 is 9.84 Å². The van der Waals surface area contributed by atoms with Crippen molar-refractivity contribution in [1.82, 2.24) is 4.98 Å². The van der Waals surface area contributed by atoms with Crippen LogP contribution in [0.1, 0.15) is 54.5 Å². The summed E-state index contributed by atoms with van der Waals surface area (Å²) in [6.07, 6.45) is 2.89. The van der Waals surface area contributed by atoms with Crippen LogP contribution in [0.15, 0.2) is 107 Å². The van der Waals surface area contributed by atoms with Crippen LogP contribution in [0.5, 0.6) is 0 Å². The Bertz CT molecular complexity index is 1620. The molecule has 9 heteroatoms. The summed E-state index contributed by atoms with van der Waals surface area (Å²) in [6.45, 7) is 1.83. The first kappa shape index (κ1) is 29.7. The van der Waals surface area contributed by atoms with E-state index in [1.807, 2.05) is 97.9 Å². The Kier molecular flexibility index (Phi) is 8.91. The van der Waals surface area contributed by atoms with Crippen LogP contribution in [0, 0.1) is 0 Å². The van der Waals surface area contributed by atoms with Crippen LogP contribution < -0.4 is 5.14 Å². The first-order valence-corrected chi connectivity index (χ1v) is 16.4. The molecule has 0 aliphatic carbocycles. The van der Waals surface area contributed by atoms with Crippen molar-refractivity contribution in [2.75, 3.05) is 0 Å². The lowest BCUT2D eigenvalue weighted by molar-refractivity contribution is -0.161. The third-order valence-electron chi connectivity index (χ3n) is 7.74. The lowest BCUT2D eigenvalue weighted by Crippen LogP contribution is -2.42. The average Bonchev–Trinajstić information content (AvgIpc) is 3.45. The summed E-state index contributed by atoms with van der Waals surface area (Å²) in [4.78, 5) is 18.5. The minimum Gasteiger partial charge on any atom is -0.512 e. The molecule has 3 N–H and O–H groups in total. The Morgan fingerprint density at radius 2 is 1.45 bits per heavy atom. The highest BCUT2D eigenvalue weighted by molar-refractivity contribution is 7.89. The largest absolute Gasteiger partial charge is 0.512 e. The number of aliphatic hydroxyl groups is 1. The second kappa shape index (κ2) is 12.6. The summed E-state index contributed by atoms with van der Waals surface area (Å²) in [5, 5.41) is 17.3. The van der Waals surface area contributed by atoms with E-state index in [1.54, 1.807) is 0 Å². The SMILES string of the molecule is CCC(C1=C(O)CC(CCc2ccccc2)(CCc2ccccc2)OC1=O)c1sc(-c2ccccc2)nc1S(N)(=O)=O. The number of aromatic nitrogens is 1. The highest BCUT2D eigenvalue weighted by atomic mass is 32.2. The van der Waals surface area contributed by atoms with E-state index in [4.69, 9.17) is 9.88 Å². The summed E-state index contributed by atoms with van der Waals surface area (Å²) in [7, 11) is -4.21. The molecule has 1 atom stereocenters. The molecule has 0 saturated carbocycles. The van der Waals surface area contributed by atoms with E-state index in [2.05, 4.69) is 4.98 Å². The fourth-order valence-electron chi connectivity index (χ4n) is 5.55. The lowest BCUT2D eigenvalue weighted by atomic mass is 9.80. The van der Waals surface area contributed by atoms with Gasteiger partial charge >= 0.3 is 5.97 Å². The Balaban J connectivity index is 1.51. The number of hydrogen-bond donors (Lipinski definition) is 2. The molecule has 0 saturated heterocycles. The Hall–Kier alpha value is -3.79. The van der Waals surface area contributed by atoms with Crippen LogP contribution in [0.25, 0.3) is 10.6 Å². The molecular weight excluding hydrogens is 569 g/mol. The number of ether oxygens (including phenoxy) is 1. The maximum atomic E-state index is 13.8. The van der Waals surface area contributed by atoms with Gasteiger partial charge in [-0.05, 0) is 43.2 Å². The molecule has 7 nitrogen and oxygen atoms in total. The van der Waals surface area contributed by atoms with E-state index < -0.39 is 27.5 Å². The van der Waals surface area contributed by atoms with Crippen LogP contribution in [-0.2, 0) is 32.4 Å². The third-order valence-corrected chi connectivity index (χ3v) is 9.94. The van der Waals surface area contributed by atoms with E-state index in [9.17, 15) is 18.3 Å². The molecule has 0 spiro atoms. The second-order valence-corrected chi connectivity index (χ2v) is 13.1. The number of esters is 1. The number of sulfonamides is 1. The van der Waals surface area contributed by atoms with Gasteiger partial charge in [0.1, 0.15) is 16.4 Å². The highest BCUT2D eigenvalue weighted by Gasteiger charge is 2.44. The van der Waals surface area contributed by atoms with Gasteiger partial charge in [0.05, 0.1) is 10.5 Å². The molecule has 1 aliphatic heterocycles. The van der Waals surface area contributed by atoms with Gasteiger partial charge in [0.2, 0.25) is 0 Å². The van der Waals surface area contributed by atoms with Crippen molar-refractivity contribution in [3.05, 3.63) is 118 Å². The second-order valence-electron chi connectivity index (χ2n) is 10.6. The predicted octanol–water partition coefficient (Wildman–Crippen LogP) is 6.71. The first-order valence-electron chi connectivity index (χ1n) is 14.0. The van der Waals surface area contributed by atoms with Crippen molar-refractivity contribution in [3.63, 3.8) is 0 Å². The zero-order valence-electron chi connectivity index (χ0n) is 23.4. The summed E-state index contributed by atoms with van der Waals surface area (Å²) < 4.78 is 31.5. The van der Waals surface area contributed by atoms with Crippen molar-refractivity contribution in [1.29, 1.82) is 0 Å². The van der Waals surface area contributed by atoms with E-state index in [0.29, 0.717) is 42.0 Å². The van der Waals surface area contributed by atoms with Crippen LogP contribution in [0.4, 0.5) is 0 Å². The third kappa shape index (κ3) is 6.64. The molecular formula is C33H34N2O5S2.